The molecule has 1 saturated heterocycles. The molecule has 9 heteroatoms. The van der Waals surface area contributed by atoms with Gasteiger partial charge in [0.25, 0.3) is 5.91 Å². The standard InChI is InChI=1S/C16H20N2O6S/c19-15(20)11-18(13-3-4-13)16(21)12-1-5-14(6-2-12)25(22,23)17-7-9-24-10-8-17/h1-2,5-6,13H,3-4,7-11H2,(H,19,20). The lowest BCUT2D eigenvalue weighted by Gasteiger charge is -2.26. The molecule has 0 spiro atoms. The van der Waals surface area contributed by atoms with E-state index < -0.39 is 16.0 Å². The molecule has 136 valence electrons. The van der Waals surface area contributed by atoms with Crippen LogP contribution in [0.15, 0.2) is 29.2 Å². The van der Waals surface area contributed by atoms with Crippen molar-refractivity contribution in [2.45, 2.75) is 23.8 Å². The van der Waals surface area contributed by atoms with Crippen LogP contribution < -0.4 is 0 Å². The van der Waals surface area contributed by atoms with Crippen molar-refractivity contribution in [2.24, 2.45) is 0 Å². The Morgan fingerprint density at radius 3 is 2.28 bits per heavy atom. The van der Waals surface area contributed by atoms with Gasteiger partial charge in [0.1, 0.15) is 6.54 Å². The fourth-order valence-electron chi connectivity index (χ4n) is 2.77. The highest BCUT2D eigenvalue weighted by Crippen LogP contribution is 2.28. The lowest BCUT2D eigenvalue weighted by molar-refractivity contribution is -0.137. The highest BCUT2D eigenvalue weighted by atomic mass is 32.2. The Bertz CT molecular complexity index is 751. The molecule has 2 fully saturated rings. The van der Waals surface area contributed by atoms with E-state index in [0.29, 0.717) is 26.3 Å². The van der Waals surface area contributed by atoms with Crippen LogP contribution >= 0.6 is 0 Å². The molecular weight excluding hydrogens is 348 g/mol. The summed E-state index contributed by atoms with van der Waals surface area (Å²) in [6, 6.07) is 5.62. The summed E-state index contributed by atoms with van der Waals surface area (Å²) in [7, 11) is -3.61. The maximum absolute atomic E-state index is 12.6. The summed E-state index contributed by atoms with van der Waals surface area (Å²) in [6.45, 7) is 0.980. The third-order valence-electron chi connectivity index (χ3n) is 4.26. The molecule has 1 heterocycles. The van der Waals surface area contributed by atoms with Gasteiger partial charge >= 0.3 is 5.97 Å². The van der Waals surface area contributed by atoms with E-state index in [0.717, 1.165) is 12.8 Å². The van der Waals surface area contributed by atoms with Crippen LogP contribution in [0.4, 0.5) is 0 Å². The number of morpholine rings is 1. The largest absolute Gasteiger partial charge is 0.480 e. The molecule has 1 aromatic carbocycles. The van der Waals surface area contributed by atoms with Gasteiger partial charge in [-0.3, -0.25) is 9.59 Å². The zero-order valence-electron chi connectivity index (χ0n) is 13.6. The van der Waals surface area contributed by atoms with Gasteiger partial charge in [-0.2, -0.15) is 4.31 Å². The van der Waals surface area contributed by atoms with Crippen molar-refractivity contribution in [2.75, 3.05) is 32.8 Å². The fraction of sp³-hybridized carbons (Fsp3) is 0.500. The summed E-state index contributed by atoms with van der Waals surface area (Å²) in [5.41, 5.74) is 0.286. The van der Waals surface area contributed by atoms with Crippen LogP contribution in [0, 0.1) is 0 Å². The van der Waals surface area contributed by atoms with Crippen LogP contribution in [0.1, 0.15) is 23.2 Å². The molecule has 1 aliphatic carbocycles. The number of carboxylic acids is 1. The van der Waals surface area contributed by atoms with Gasteiger partial charge in [0.05, 0.1) is 18.1 Å². The number of amides is 1. The normalized spacial score (nSPS) is 18.7. The summed E-state index contributed by atoms with van der Waals surface area (Å²) in [5, 5.41) is 8.96. The van der Waals surface area contributed by atoms with Gasteiger partial charge in [-0.1, -0.05) is 0 Å². The molecule has 8 nitrogen and oxygen atoms in total. The van der Waals surface area contributed by atoms with Crippen LogP contribution in [-0.2, 0) is 19.6 Å². The molecule has 0 radical (unpaired) electrons. The monoisotopic (exact) mass is 368 g/mol. The van der Waals surface area contributed by atoms with Crippen LogP contribution in [0.2, 0.25) is 0 Å². The van der Waals surface area contributed by atoms with E-state index >= 15 is 0 Å². The topological polar surface area (TPSA) is 104 Å². The first kappa shape index (κ1) is 17.8. The molecule has 0 atom stereocenters. The molecule has 1 amide bonds. The number of benzene rings is 1. The number of aliphatic carboxylic acids is 1. The van der Waals surface area contributed by atoms with Crippen LogP contribution in [0.3, 0.4) is 0 Å². The first-order chi connectivity index (χ1) is 11.9. The Kier molecular flexibility index (Phi) is 5.07. The summed E-state index contributed by atoms with van der Waals surface area (Å²) in [5.74, 6) is -1.45. The maximum atomic E-state index is 12.6. The van der Waals surface area contributed by atoms with Crippen molar-refractivity contribution in [3.63, 3.8) is 0 Å². The lowest BCUT2D eigenvalue weighted by atomic mass is 10.2. The molecule has 3 rings (SSSR count). The molecule has 0 bridgehead atoms. The average Bonchev–Trinajstić information content (AvgIpc) is 3.45. The van der Waals surface area contributed by atoms with E-state index in [1.54, 1.807) is 0 Å². The van der Waals surface area contributed by atoms with E-state index in [-0.39, 0.29) is 29.0 Å². The summed E-state index contributed by atoms with van der Waals surface area (Å²) < 4.78 is 31.6. The van der Waals surface area contributed by atoms with Gasteiger partial charge in [-0.05, 0) is 37.1 Å². The average molecular weight is 368 g/mol. The minimum absolute atomic E-state index is 0.0413. The van der Waals surface area contributed by atoms with Crippen molar-refractivity contribution < 1.29 is 27.9 Å². The molecular formula is C16H20N2O6S. The molecule has 1 saturated carbocycles. The van der Waals surface area contributed by atoms with E-state index in [1.165, 1.54) is 33.5 Å². The molecule has 0 aromatic heterocycles. The predicted molar refractivity (Wildman–Crippen MR) is 87.7 cm³/mol. The van der Waals surface area contributed by atoms with Crippen molar-refractivity contribution in [3.05, 3.63) is 29.8 Å². The van der Waals surface area contributed by atoms with Crippen LogP contribution in [0.5, 0.6) is 0 Å². The molecule has 25 heavy (non-hydrogen) atoms. The summed E-state index contributed by atoms with van der Waals surface area (Å²) in [6.07, 6.45) is 1.59. The highest BCUT2D eigenvalue weighted by molar-refractivity contribution is 7.89. The number of ether oxygens (including phenoxy) is 1. The first-order valence-electron chi connectivity index (χ1n) is 8.10. The SMILES string of the molecule is O=C(O)CN(C(=O)c1ccc(S(=O)(=O)N2CCOCC2)cc1)C1CC1. The Hall–Kier alpha value is -1.97. The zero-order valence-corrected chi connectivity index (χ0v) is 14.4. The Morgan fingerprint density at radius 1 is 1.16 bits per heavy atom. The second kappa shape index (κ2) is 7.11. The number of nitrogens with zero attached hydrogens (tertiary/aromatic N) is 2. The van der Waals surface area contributed by atoms with Crippen molar-refractivity contribution in [1.29, 1.82) is 0 Å². The van der Waals surface area contributed by atoms with Crippen LogP contribution in [0.25, 0.3) is 0 Å². The number of rotatable bonds is 6. The number of hydrogen-bond donors (Lipinski definition) is 1. The Labute approximate surface area is 146 Å². The van der Waals surface area contributed by atoms with Crippen molar-refractivity contribution in [1.82, 2.24) is 9.21 Å². The maximum Gasteiger partial charge on any atom is 0.323 e. The zero-order chi connectivity index (χ0) is 18.0. The smallest absolute Gasteiger partial charge is 0.323 e. The molecule has 1 aliphatic heterocycles. The number of carbonyl (C=O) groups is 2. The predicted octanol–water partition coefficient (Wildman–Crippen LogP) is 0.397. The minimum atomic E-state index is -3.61. The van der Waals surface area contributed by atoms with Gasteiger partial charge in [0.15, 0.2) is 0 Å². The van der Waals surface area contributed by atoms with Crippen molar-refractivity contribution >= 4 is 21.9 Å². The minimum Gasteiger partial charge on any atom is -0.480 e. The quantitative estimate of drug-likeness (QED) is 0.779. The second-order valence-electron chi connectivity index (χ2n) is 6.10. The molecule has 1 N–H and O–H groups in total. The Balaban J connectivity index is 1.77. The van der Waals surface area contributed by atoms with Gasteiger partial charge in [0, 0.05) is 24.7 Å². The van der Waals surface area contributed by atoms with Crippen molar-refractivity contribution in [3.8, 4) is 0 Å². The number of hydrogen-bond acceptors (Lipinski definition) is 5. The van der Waals surface area contributed by atoms with Gasteiger partial charge in [0.2, 0.25) is 10.0 Å². The van der Waals surface area contributed by atoms with Gasteiger partial charge < -0.3 is 14.7 Å². The van der Waals surface area contributed by atoms with Gasteiger partial charge in [-0.25, -0.2) is 8.42 Å². The number of carbonyl (C=O) groups excluding carboxylic acids is 1. The van der Waals surface area contributed by atoms with Crippen LogP contribution in [-0.4, -0.2) is 73.5 Å². The number of sulfonamides is 1. The Morgan fingerprint density at radius 2 is 1.76 bits per heavy atom. The lowest BCUT2D eigenvalue weighted by Crippen LogP contribution is -2.40. The fourth-order valence-corrected chi connectivity index (χ4v) is 4.18. The molecule has 0 unspecified atom stereocenters. The third kappa shape index (κ3) is 4.00. The van der Waals surface area contributed by atoms with E-state index in [2.05, 4.69) is 0 Å². The van der Waals surface area contributed by atoms with E-state index in [4.69, 9.17) is 9.84 Å². The summed E-state index contributed by atoms with van der Waals surface area (Å²) in [4.78, 5) is 24.9. The second-order valence-corrected chi connectivity index (χ2v) is 8.04. The van der Waals surface area contributed by atoms with E-state index in [9.17, 15) is 18.0 Å². The third-order valence-corrected chi connectivity index (χ3v) is 6.18. The summed E-state index contributed by atoms with van der Waals surface area (Å²) >= 11 is 0. The molecule has 2 aliphatic rings. The first-order valence-corrected chi connectivity index (χ1v) is 9.54. The number of carboxylic acid groups (broad SMARTS) is 1. The highest BCUT2D eigenvalue weighted by Gasteiger charge is 2.34. The van der Waals surface area contributed by atoms with Gasteiger partial charge in [-0.15, -0.1) is 0 Å². The molecule has 1 aromatic rings. The van der Waals surface area contributed by atoms with E-state index in [1.807, 2.05) is 0 Å².